The molecule has 0 bridgehead atoms. The molecule has 0 radical (unpaired) electrons. The van der Waals surface area contributed by atoms with Crippen LogP contribution < -0.4 is 0 Å². The second-order valence-electron chi connectivity index (χ2n) is 6.48. The SMILES string of the molecule is [2H]C([2H])([2H])CCCCCCCCCCCCCCCCCCCS. The molecule has 0 unspecified atom stereocenters. The van der Waals surface area contributed by atoms with Crippen molar-refractivity contribution in [3.8, 4) is 0 Å². The van der Waals surface area contributed by atoms with Crippen LogP contribution in [0.25, 0.3) is 0 Å². The van der Waals surface area contributed by atoms with Gasteiger partial charge in [0.15, 0.2) is 0 Å². The Morgan fingerprint density at radius 1 is 0.476 bits per heavy atom. The van der Waals surface area contributed by atoms with E-state index in [4.69, 9.17) is 4.11 Å². The Bertz CT molecular complexity index is 242. The number of hydrogen-bond donors (Lipinski definition) is 1. The fraction of sp³-hybridized carbons (Fsp3) is 1.00. The van der Waals surface area contributed by atoms with Crippen LogP contribution in [0.3, 0.4) is 0 Å². The maximum atomic E-state index is 7.16. The summed E-state index contributed by atoms with van der Waals surface area (Å²) < 4.78 is 21.5. The molecule has 0 aromatic heterocycles. The van der Waals surface area contributed by atoms with Crippen molar-refractivity contribution >= 4 is 12.6 Å². The second kappa shape index (κ2) is 20.3. The lowest BCUT2D eigenvalue weighted by molar-refractivity contribution is 0.527. The lowest BCUT2D eigenvalue weighted by atomic mass is 10.0. The van der Waals surface area contributed by atoms with Gasteiger partial charge in [0.1, 0.15) is 0 Å². The minimum atomic E-state index is -1.72. The number of hydrogen-bond acceptors (Lipinski definition) is 1. The molecule has 0 aromatic carbocycles. The van der Waals surface area contributed by atoms with E-state index in [1.54, 1.807) is 0 Å². The third-order valence-corrected chi connectivity index (χ3v) is 4.65. The molecule has 0 aliphatic heterocycles. The van der Waals surface area contributed by atoms with Gasteiger partial charge in [-0.05, 0) is 12.2 Å². The Kier molecular flexibility index (Phi) is 15.7. The standard InChI is InChI=1S/C20H42S/c1-2-3-4-5-6-7-8-9-10-11-12-13-14-15-16-17-18-19-20-21/h21H,2-20H2,1H3/i1D3. The van der Waals surface area contributed by atoms with Crippen molar-refractivity contribution in [1.29, 1.82) is 0 Å². The van der Waals surface area contributed by atoms with E-state index in [0.29, 0.717) is 6.42 Å². The van der Waals surface area contributed by atoms with E-state index in [2.05, 4.69) is 12.6 Å². The van der Waals surface area contributed by atoms with Gasteiger partial charge in [0.05, 0.1) is 0 Å². The van der Waals surface area contributed by atoms with Crippen molar-refractivity contribution in [3.63, 3.8) is 0 Å². The second-order valence-corrected chi connectivity index (χ2v) is 6.93. The predicted molar refractivity (Wildman–Crippen MR) is 103 cm³/mol. The van der Waals surface area contributed by atoms with Gasteiger partial charge >= 0.3 is 0 Å². The molecule has 21 heavy (non-hydrogen) atoms. The van der Waals surface area contributed by atoms with E-state index in [0.717, 1.165) is 18.6 Å². The maximum absolute atomic E-state index is 7.16. The molecule has 0 atom stereocenters. The highest BCUT2D eigenvalue weighted by molar-refractivity contribution is 7.80. The first-order chi connectivity index (χ1) is 11.6. The molecule has 0 fully saturated rings. The highest BCUT2D eigenvalue weighted by Gasteiger charge is 1.94. The average Bonchev–Trinajstić information content (AvgIpc) is 2.52. The Balaban J connectivity index is 3.00. The van der Waals surface area contributed by atoms with Gasteiger partial charge in [0, 0.05) is 4.11 Å². The number of thiol groups is 1. The molecule has 0 amide bonds. The zero-order valence-corrected chi connectivity index (χ0v) is 15.3. The van der Waals surface area contributed by atoms with Crippen molar-refractivity contribution in [1.82, 2.24) is 0 Å². The molecule has 0 N–H and O–H groups in total. The van der Waals surface area contributed by atoms with E-state index < -0.39 is 6.85 Å². The lowest BCUT2D eigenvalue weighted by Gasteiger charge is -2.03. The first-order valence-electron chi connectivity index (χ1n) is 11.2. The molecule has 0 aliphatic rings. The van der Waals surface area contributed by atoms with E-state index in [1.807, 2.05) is 0 Å². The zero-order chi connectivity index (χ0) is 17.9. The summed E-state index contributed by atoms with van der Waals surface area (Å²) in [6.07, 6.45) is 22.9. The monoisotopic (exact) mass is 317 g/mol. The van der Waals surface area contributed by atoms with Crippen molar-refractivity contribution in [2.24, 2.45) is 0 Å². The summed E-state index contributed by atoms with van der Waals surface area (Å²) in [4.78, 5) is 0. The van der Waals surface area contributed by atoms with Crippen LogP contribution in [0.2, 0.25) is 0 Å². The fourth-order valence-electron chi connectivity index (χ4n) is 2.89. The van der Waals surface area contributed by atoms with Gasteiger partial charge in [-0.3, -0.25) is 0 Å². The first kappa shape index (κ1) is 16.2. The van der Waals surface area contributed by atoms with E-state index in [9.17, 15) is 0 Å². The Morgan fingerprint density at radius 3 is 1.05 bits per heavy atom. The van der Waals surface area contributed by atoms with Crippen LogP contribution in [0, 0.1) is 0 Å². The zero-order valence-electron chi connectivity index (χ0n) is 17.4. The number of unbranched alkanes of at least 4 members (excludes halogenated alkanes) is 16. The first-order valence-corrected chi connectivity index (χ1v) is 10.3. The Morgan fingerprint density at radius 2 is 0.762 bits per heavy atom. The van der Waals surface area contributed by atoms with E-state index >= 15 is 0 Å². The van der Waals surface area contributed by atoms with Crippen molar-refractivity contribution < 1.29 is 4.11 Å². The molecule has 0 rings (SSSR count). The molecule has 0 aliphatic carbocycles. The van der Waals surface area contributed by atoms with Crippen molar-refractivity contribution in [2.75, 3.05) is 5.75 Å². The summed E-state index contributed by atoms with van der Waals surface area (Å²) in [5.41, 5.74) is 0. The highest BCUT2D eigenvalue weighted by Crippen LogP contribution is 2.14. The summed E-state index contributed by atoms with van der Waals surface area (Å²) >= 11 is 4.24. The fourth-order valence-corrected chi connectivity index (χ4v) is 3.11. The predicted octanol–water partition coefficient (Wildman–Crippen LogP) is 7.96. The lowest BCUT2D eigenvalue weighted by Crippen LogP contribution is -1.84. The van der Waals surface area contributed by atoms with Crippen LogP contribution in [0.15, 0.2) is 0 Å². The quantitative estimate of drug-likeness (QED) is 0.192. The summed E-state index contributed by atoms with van der Waals surface area (Å²) in [6, 6.07) is 0. The topological polar surface area (TPSA) is 0 Å². The van der Waals surface area contributed by atoms with Gasteiger partial charge < -0.3 is 0 Å². The molecular formula is C20H42S. The van der Waals surface area contributed by atoms with Crippen LogP contribution in [0.1, 0.15) is 127 Å². The summed E-state index contributed by atoms with van der Waals surface area (Å²) in [7, 11) is 0. The van der Waals surface area contributed by atoms with Gasteiger partial charge in [0.25, 0.3) is 0 Å². The summed E-state index contributed by atoms with van der Waals surface area (Å²) in [6.45, 7) is -1.72. The molecule has 0 nitrogen and oxygen atoms in total. The van der Waals surface area contributed by atoms with Gasteiger partial charge in [0.2, 0.25) is 0 Å². The van der Waals surface area contributed by atoms with Crippen LogP contribution in [0.4, 0.5) is 0 Å². The third-order valence-electron chi connectivity index (χ3n) is 4.33. The molecule has 0 saturated carbocycles. The van der Waals surface area contributed by atoms with Gasteiger partial charge in [-0.25, -0.2) is 0 Å². The van der Waals surface area contributed by atoms with E-state index in [-0.39, 0.29) is 0 Å². The highest BCUT2D eigenvalue weighted by atomic mass is 32.1. The van der Waals surface area contributed by atoms with Gasteiger partial charge in [-0.2, -0.15) is 12.6 Å². The Labute approximate surface area is 145 Å². The minimum absolute atomic E-state index is 0.392. The van der Waals surface area contributed by atoms with Crippen LogP contribution in [-0.2, 0) is 0 Å². The summed E-state index contributed by atoms with van der Waals surface area (Å²) in [5, 5.41) is 0. The molecule has 1 heteroatoms. The average molecular weight is 318 g/mol. The molecule has 0 spiro atoms. The minimum Gasteiger partial charge on any atom is -0.179 e. The maximum Gasteiger partial charge on any atom is 0.0230 e. The normalized spacial score (nSPS) is 13.9. The third kappa shape index (κ3) is 20.4. The van der Waals surface area contributed by atoms with Crippen molar-refractivity contribution in [3.05, 3.63) is 0 Å². The largest absolute Gasteiger partial charge is 0.179 e. The van der Waals surface area contributed by atoms with Crippen molar-refractivity contribution in [2.45, 2.75) is 122 Å². The Hall–Kier alpha value is 0.350. The van der Waals surface area contributed by atoms with E-state index in [1.165, 1.54) is 96.3 Å². The molecule has 128 valence electrons. The summed E-state index contributed by atoms with van der Waals surface area (Å²) in [5.74, 6) is 1.05. The molecular weight excluding hydrogens is 272 g/mol. The van der Waals surface area contributed by atoms with Gasteiger partial charge in [-0.15, -0.1) is 0 Å². The molecule has 0 aromatic rings. The van der Waals surface area contributed by atoms with Crippen LogP contribution >= 0.6 is 12.6 Å². The smallest absolute Gasteiger partial charge is 0.0230 e. The van der Waals surface area contributed by atoms with Crippen LogP contribution in [0.5, 0.6) is 0 Å². The number of rotatable bonds is 18. The van der Waals surface area contributed by atoms with Gasteiger partial charge in [-0.1, -0.05) is 116 Å². The molecule has 0 saturated heterocycles. The van der Waals surface area contributed by atoms with Crippen LogP contribution in [-0.4, -0.2) is 5.75 Å². The molecule has 0 heterocycles.